The van der Waals surface area contributed by atoms with Crippen LogP contribution in [0.15, 0.2) is 42.6 Å². The molecule has 3 heterocycles. The van der Waals surface area contributed by atoms with Gasteiger partial charge in [-0.25, -0.2) is 9.97 Å². The molecule has 0 bridgehead atoms. The maximum absolute atomic E-state index is 13.0. The number of anilines is 1. The van der Waals surface area contributed by atoms with Gasteiger partial charge in [0.25, 0.3) is 0 Å². The van der Waals surface area contributed by atoms with E-state index < -0.39 is 0 Å². The van der Waals surface area contributed by atoms with Gasteiger partial charge >= 0.3 is 0 Å². The summed E-state index contributed by atoms with van der Waals surface area (Å²) in [4.78, 5) is 26.5. The summed E-state index contributed by atoms with van der Waals surface area (Å²) in [6.45, 7) is 5.36. The monoisotopic (exact) mass is 449 g/mol. The van der Waals surface area contributed by atoms with Crippen molar-refractivity contribution in [2.24, 2.45) is 11.3 Å². The number of hydrogen-bond acceptors (Lipinski definition) is 5. The number of piperazine rings is 1. The fourth-order valence-electron chi connectivity index (χ4n) is 4.80. The lowest BCUT2D eigenvalue weighted by Crippen LogP contribution is -2.50. The van der Waals surface area contributed by atoms with Gasteiger partial charge in [0.05, 0.1) is 0 Å². The summed E-state index contributed by atoms with van der Waals surface area (Å²) < 4.78 is 0. The first-order valence-electron chi connectivity index (χ1n) is 10.4. The number of halogens is 2. The lowest BCUT2D eigenvalue weighted by atomic mass is 9.91. The number of benzene rings is 1. The Hall–Kier alpha value is -1.89. The number of carbonyl (C=O) groups excluding carboxylic acids is 1. The van der Waals surface area contributed by atoms with Crippen LogP contribution in [0.2, 0.25) is 0 Å². The average Bonchev–Trinajstić information content (AvgIpc) is 3.47. The number of aromatic nitrogens is 2. The van der Waals surface area contributed by atoms with E-state index in [1.807, 2.05) is 42.6 Å². The first kappa shape index (κ1) is 22.8. The third-order valence-corrected chi connectivity index (χ3v) is 6.68. The second-order valence-corrected chi connectivity index (χ2v) is 8.29. The Labute approximate surface area is 190 Å². The fraction of sp³-hybridized carbons (Fsp3) is 0.500. The molecule has 2 saturated heterocycles. The molecule has 1 amide bonds. The minimum Gasteiger partial charge on any atom is -0.353 e. The molecule has 1 unspecified atom stereocenters. The van der Waals surface area contributed by atoms with Crippen LogP contribution in [-0.2, 0) is 4.79 Å². The molecule has 2 aromatic rings. The lowest BCUT2D eigenvalue weighted by Gasteiger charge is -2.36. The van der Waals surface area contributed by atoms with Crippen molar-refractivity contribution < 1.29 is 4.79 Å². The predicted octanol–water partition coefficient (Wildman–Crippen LogP) is 3.03. The highest BCUT2D eigenvalue weighted by Gasteiger charge is 2.58. The Bertz CT molecular complexity index is 852. The number of amides is 1. The third kappa shape index (κ3) is 4.41. The number of hydrogen-bond donors (Lipinski definition) is 1. The number of carbonyl (C=O) groups is 1. The van der Waals surface area contributed by atoms with E-state index in [0.717, 1.165) is 75.7 Å². The van der Waals surface area contributed by atoms with Crippen molar-refractivity contribution in [3.05, 3.63) is 42.6 Å². The van der Waals surface area contributed by atoms with Crippen molar-refractivity contribution >= 4 is 36.5 Å². The maximum Gasteiger partial charge on any atom is 0.226 e. The summed E-state index contributed by atoms with van der Waals surface area (Å²) in [6.07, 6.45) is 5.24. The van der Waals surface area contributed by atoms with Crippen molar-refractivity contribution in [3.8, 4) is 11.4 Å². The van der Waals surface area contributed by atoms with Crippen LogP contribution in [0.4, 0.5) is 5.82 Å². The highest BCUT2D eigenvalue weighted by molar-refractivity contribution is 5.85. The molecule has 0 radical (unpaired) electrons. The van der Waals surface area contributed by atoms with Crippen LogP contribution < -0.4 is 10.2 Å². The highest BCUT2D eigenvalue weighted by Crippen LogP contribution is 2.59. The number of rotatable bonds is 3. The summed E-state index contributed by atoms with van der Waals surface area (Å²) >= 11 is 0. The van der Waals surface area contributed by atoms with E-state index in [1.54, 1.807) is 0 Å². The topological polar surface area (TPSA) is 61.4 Å². The molecule has 1 saturated carbocycles. The Balaban J connectivity index is 0.00000128. The van der Waals surface area contributed by atoms with Crippen molar-refractivity contribution in [2.45, 2.75) is 19.3 Å². The van der Waals surface area contributed by atoms with Gasteiger partial charge in [-0.15, -0.1) is 24.8 Å². The van der Waals surface area contributed by atoms with Gasteiger partial charge in [0.15, 0.2) is 5.82 Å². The second-order valence-electron chi connectivity index (χ2n) is 8.29. The van der Waals surface area contributed by atoms with Gasteiger partial charge in [0.1, 0.15) is 5.82 Å². The van der Waals surface area contributed by atoms with Crippen LogP contribution in [-0.4, -0.2) is 60.0 Å². The van der Waals surface area contributed by atoms with Crippen molar-refractivity contribution in [1.82, 2.24) is 20.2 Å². The summed E-state index contributed by atoms with van der Waals surface area (Å²) in [5, 5.41) is 3.42. The summed E-state index contributed by atoms with van der Waals surface area (Å²) in [7, 11) is 0. The minimum atomic E-state index is 0. The zero-order chi connectivity index (χ0) is 19.0. The first-order chi connectivity index (χ1) is 13.8. The number of piperidine rings is 1. The molecule has 3 aliphatic rings. The van der Waals surface area contributed by atoms with Crippen LogP contribution in [0.3, 0.4) is 0 Å². The molecule has 30 heavy (non-hydrogen) atoms. The van der Waals surface area contributed by atoms with Gasteiger partial charge in [0.2, 0.25) is 5.91 Å². The van der Waals surface area contributed by atoms with E-state index in [-0.39, 0.29) is 30.7 Å². The Morgan fingerprint density at radius 1 is 1.00 bits per heavy atom. The van der Waals surface area contributed by atoms with Gasteiger partial charge in [-0.1, -0.05) is 30.3 Å². The van der Waals surface area contributed by atoms with E-state index in [9.17, 15) is 4.79 Å². The quantitative estimate of drug-likeness (QED) is 0.779. The van der Waals surface area contributed by atoms with Gasteiger partial charge in [-0.3, -0.25) is 4.79 Å². The first-order valence-corrected chi connectivity index (χ1v) is 10.4. The van der Waals surface area contributed by atoms with Crippen LogP contribution in [0, 0.1) is 11.3 Å². The molecule has 1 N–H and O–H groups in total. The molecule has 1 atom stereocenters. The second kappa shape index (κ2) is 9.50. The van der Waals surface area contributed by atoms with E-state index in [1.165, 1.54) is 0 Å². The van der Waals surface area contributed by atoms with Crippen molar-refractivity contribution in [1.29, 1.82) is 0 Å². The molecule has 6 nitrogen and oxygen atoms in total. The fourth-order valence-corrected chi connectivity index (χ4v) is 4.80. The van der Waals surface area contributed by atoms with Gasteiger partial charge in [-0.05, 0) is 43.8 Å². The summed E-state index contributed by atoms with van der Waals surface area (Å²) in [6, 6.07) is 12.0. The lowest BCUT2D eigenvalue weighted by molar-refractivity contribution is -0.133. The molecule has 2 aliphatic heterocycles. The highest BCUT2D eigenvalue weighted by atomic mass is 35.5. The zero-order valence-corrected chi connectivity index (χ0v) is 18.6. The largest absolute Gasteiger partial charge is 0.353 e. The van der Waals surface area contributed by atoms with Gasteiger partial charge in [-0.2, -0.15) is 0 Å². The van der Waals surface area contributed by atoms with Crippen molar-refractivity contribution in [3.63, 3.8) is 0 Å². The van der Waals surface area contributed by atoms with Gasteiger partial charge < -0.3 is 15.1 Å². The van der Waals surface area contributed by atoms with E-state index >= 15 is 0 Å². The van der Waals surface area contributed by atoms with E-state index in [0.29, 0.717) is 11.3 Å². The van der Waals surface area contributed by atoms with Crippen LogP contribution in [0.5, 0.6) is 0 Å². The Kier molecular flexibility index (Phi) is 7.22. The standard InChI is InChI=1S/C22H27N5O.2ClH/c28-21(18-16-22(18)7-10-23-11-8-22)27-14-12-26(13-15-27)19-6-9-24-20(25-19)17-4-2-1-3-5-17;;/h1-6,9,18,23H,7-8,10-16H2;2*1H. The average molecular weight is 450 g/mol. The number of nitrogens with one attached hydrogen (secondary N) is 1. The summed E-state index contributed by atoms with van der Waals surface area (Å²) in [5.41, 5.74) is 1.34. The zero-order valence-electron chi connectivity index (χ0n) is 17.0. The number of nitrogens with zero attached hydrogens (tertiary/aromatic N) is 4. The van der Waals surface area contributed by atoms with E-state index in [2.05, 4.69) is 20.1 Å². The smallest absolute Gasteiger partial charge is 0.226 e. The van der Waals surface area contributed by atoms with Crippen LogP contribution >= 0.6 is 24.8 Å². The molecule has 1 aromatic heterocycles. The third-order valence-electron chi connectivity index (χ3n) is 6.68. The predicted molar refractivity (Wildman–Crippen MR) is 123 cm³/mol. The molecule has 1 spiro atoms. The van der Waals surface area contributed by atoms with Crippen molar-refractivity contribution in [2.75, 3.05) is 44.2 Å². The molecule has 162 valence electrons. The molecular formula is C22H29Cl2N5O. The molecule has 1 aromatic carbocycles. The van der Waals surface area contributed by atoms with Crippen LogP contribution in [0.25, 0.3) is 11.4 Å². The Morgan fingerprint density at radius 2 is 1.70 bits per heavy atom. The molecule has 3 fully saturated rings. The van der Waals surface area contributed by atoms with Crippen LogP contribution in [0.1, 0.15) is 19.3 Å². The molecule has 8 heteroatoms. The van der Waals surface area contributed by atoms with E-state index in [4.69, 9.17) is 4.98 Å². The summed E-state index contributed by atoms with van der Waals surface area (Å²) in [5.74, 6) is 2.35. The molecule has 1 aliphatic carbocycles. The normalized spacial score (nSPS) is 22.1. The Morgan fingerprint density at radius 3 is 2.40 bits per heavy atom. The maximum atomic E-state index is 13.0. The molecular weight excluding hydrogens is 421 g/mol. The SMILES string of the molecule is Cl.Cl.O=C(C1CC12CCNCC2)N1CCN(c2ccnc(-c3ccccc3)n2)CC1. The van der Waals surface area contributed by atoms with Gasteiger partial charge in [0, 0.05) is 43.9 Å². The minimum absolute atomic E-state index is 0. The molecule has 5 rings (SSSR count).